The van der Waals surface area contributed by atoms with Gasteiger partial charge in [0.1, 0.15) is 0 Å². The van der Waals surface area contributed by atoms with Crippen LogP contribution in [-0.2, 0) is 6.42 Å². The van der Waals surface area contributed by atoms with Crippen LogP contribution in [0, 0.1) is 0 Å². The van der Waals surface area contributed by atoms with Crippen LogP contribution in [0.2, 0.25) is 0 Å². The molecule has 3 heteroatoms. The summed E-state index contributed by atoms with van der Waals surface area (Å²) < 4.78 is 5.18. The third-order valence-electron chi connectivity index (χ3n) is 2.61. The molecule has 0 aliphatic heterocycles. The average molecular weight is 216 g/mol. The van der Waals surface area contributed by atoms with Crippen LogP contribution in [-0.4, -0.2) is 10.1 Å². The summed E-state index contributed by atoms with van der Waals surface area (Å²) in [6.07, 6.45) is 0.799. The van der Waals surface area contributed by atoms with Crippen molar-refractivity contribution in [3.8, 4) is 11.5 Å². The second kappa shape index (κ2) is 4.47. The minimum atomic E-state index is 0.544. The molecule has 2 aromatic rings. The van der Waals surface area contributed by atoms with Gasteiger partial charge in [-0.2, -0.15) is 4.98 Å². The highest BCUT2D eigenvalue weighted by Crippen LogP contribution is 2.21. The van der Waals surface area contributed by atoms with E-state index in [0.29, 0.717) is 11.8 Å². The summed E-state index contributed by atoms with van der Waals surface area (Å²) in [6, 6.07) is 8.27. The molecule has 0 fully saturated rings. The average Bonchev–Trinajstić information content (AvgIpc) is 2.77. The summed E-state index contributed by atoms with van der Waals surface area (Å²) in [7, 11) is 0. The van der Waals surface area contributed by atoms with E-state index >= 15 is 0 Å². The molecular formula is C13H16N2O. The van der Waals surface area contributed by atoms with Crippen LogP contribution in [0.1, 0.15) is 38.1 Å². The number of nitrogens with zero attached hydrogens (tertiary/aromatic N) is 2. The van der Waals surface area contributed by atoms with Gasteiger partial charge in [-0.1, -0.05) is 38.1 Å². The van der Waals surface area contributed by atoms with Crippen molar-refractivity contribution in [3.63, 3.8) is 0 Å². The van der Waals surface area contributed by atoms with E-state index in [2.05, 4.69) is 36.1 Å². The van der Waals surface area contributed by atoms with E-state index in [0.717, 1.165) is 17.8 Å². The smallest absolute Gasteiger partial charge is 0.257 e. The van der Waals surface area contributed by atoms with Crippen molar-refractivity contribution in [1.29, 1.82) is 0 Å². The second-order valence-electron chi connectivity index (χ2n) is 4.15. The molecule has 0 aliphatic carbocycles. The molecule has 0 aliphatic rings. The van der Waals surface area contributed by atoms with Gasteiger partial charge in [0.2, 0.25) is 0 Å². The highest BCUT2D eigenvalue weighted by Gasteiger charge is 2.07. The molecule has 3 nitrogen and oxygen atoms in total. The van der Waals surface area contributed by atoms with Crippen LogP contribution < -0.4 is 0 Å². The number of aryl methyl sites for hydroxylation is 1. The van der Waals surface area contributed by atoms with Crippen LogP contribution in [0.3, 0.4) is 0 Å². The van der Waals surface area contributed by atoms with Crippen molar-refractivity contribution in [3.05, 3.63) is 35.7 Å². The predicted octanol–water partition coefficient (Wildman–Crippen LogP) is 3.42. The van der Waals surface area contributed by atoms with E-state index < -0.39 is 0 Å². The molecule has 0 N–H and O–H groups in total. The second-order valence-corrected chi connectivity index (χ2v) is 4.15. The molecule has 1 heterocycles. The summed E-state index contributed by atoms with van der Waals surface area (Å²) in [4.78, 5) is 4.30. The van der Waals surface area contributed by atoms with Crippen molar-refractivity contribution < 1.29 is 4.52 Å². The highest BCUT2D eigenvalue weighted by atomic mass is 16.5. The lowest BCUT2D eigenvalue weighted by molar-refractivity contribution is 0.423. The predicted molar refractivity (Wildman–Crippen MR) is 63.2 cm³/mol. The lowest BCUT2D eigenvalue weighted by Crippen LogP contribution is -1.87. The molecule has 0 radical (unpaired) electrons. The van der Waals surface area contributed by atoms with Gasteiger partial charge in [-0.15, -0.1) is 0 Å². The fraction of sp³-hybridized carbons (Fsp3) is 0.385. The highest BCUT2D eigenvalue weighted by molar-refractivity contribution is 5.53. The minimum Gasteiger partial charge on any atom is -0.334 e. The monoisotopic (exact) mass is 216 g/mol. The molecule has 0 saturated carbocycles. The van der Waals surface area contributed by atoms with E-state index in [9.17, 15) is 0 Å². The Balaban J connectivity index is 2.27. The Morgan fingerprint density at radius 2 is 1.88 bits per heavy atom. The molecule has 84 valence electrons. The number of hydrogen-bond donors (Lipinski definition) is 0. The molecule has 0 atom stereocenters. The summed E-state index contributed by atoms with van der Waals surface area (Å²) in [5, 5.41) is 3.88. The third kappa shape index (κ3) is 2.13. The Bertz CT molecular complexity index is 457. The van der Waals surface area contributed by atoms with Crippen LogP contribution >= 0.6 is 0 Å². The lowest BCUT2D eigenvalue weighted by atomic mass is 10.0. The topological polar surface area (TPSA) is 38.9 Å². The van der Waals surface area contributed by atoms with E-state index in [4.69, 9.17) is 4.52 Å². The first-order valence-corrected chi connectivity index (χ1v) is 5.63. The maximum absolute atomic E-state index is 5.18. The maximum atomic E-state index is 5.18. The van der Waals surface area contributed by atoms with Gasteiger partial charge in [0.25, 0.3) is 5.89 Å². The molecule has 0 saturated heterocycles. The Labute approximate surface area is 95.5 Å². The fourth-order valence-electron chi connectivity index (χ4n) is 1.53. The summed E-state index contributed by atoms with van der Waals surface area (Å²) in [5.41, 5.74) is 2.30. The van der Waals surface area contributed by atoms with Gasteiger partial charge in [-0.3, -0.25) is 0 Å². The van der Waals surface area contributed by atoms with Gasteiger partial charge in [-0.25, -0.2) is 0 Å². The number of aromatic nitrogens is 2. The Morgan fingerprint density at radius 1 is 1.19 bits per heavy atom. The van der Waals surface area contributed by atoms with Crippen molar-refractivity contribution in [2.75, 3.05) is 0 Å². The molecule has 1 aromatic carbocycles. The normalized spacial score (nSPS) is 11.0. The molecule has 0 spiro atoms. The van der Waals surface area contributed by atoms with Crippen LogP contribution in [0.5, 0.6) is 0 Å². The Morgan fingerprint density at radius 3 is 2.38 bits per heavy atom. The lowest BCUT2D eigenvalue weighted by Gasteiger charge is -2.04. The van der Waals surface area contributed by atoms with E-state index in [1.54, 1.807) is 0 Å². The van der Waals surface area contributed by atoms with Gasteiger partial charge in [0, 0.05) is 12.0 Å². The zero-order valence-corrected chi connectivity index (χ0v) is 9.90. The van der Waals surface area contributed by atoms with Gasteiger partial charge in [0.15, 0.2) is 5.82 Å². The Hall–Kier alpha value is -1.64. The summed E-state index contributed by atoms with van der Waals surface area (Å²) in [6.45, 7) is 6.37. The van der Waals surface area contributed by atoms with Gasteiger partial charge >= 0.3 is 0 Å². The molecular weight excluding hydrogens is 200 g/mol. The van der Waals surface area contributed by atoms with Gasteiger partial charge < -0.3 is 4.52 Å². The van der Waals surface area contributed by atoms with E-state index in [1.807, 2.05) is 19.1 Å². The first kappa shape index (κ1) is 10.9. The molecule has 2 rings (SSSR count). The van der Waals surface area contributed by atoms with Crippen molar-refractivity contribution >= 4 is 0 Å². The molecule has 0 unspecified atom stereocenters. The summed E-state index contributed by atoms with van der Waals surface area (Å²) in [5.74, 6) is 1.90. The number of benzene rings is 1. The minimum absolute atomic E-state index is 0.544. The van der Waals surface area contributed by atoms with Crippen LogP contribution in [0.25, 0.3) is 11.5 Å². The first-order valence-electron chi connectivity index (χ1n) is 5.63. The van der Waals surface area contributed by atoms with Crippen LogP contribution in [0.4, 0.5) is 0 Å². The molecule has 1 aromatic heterocycles. The van der Waals surface area contributed by atoms with Crippen LogP contribution in [0.15, 0.2) is 28.8 Å². The van der Waals surface area contributed by atoms with E-state index in [1.165, 1.54) is 5.56 Å². The SMILES string of the molecule is CCc1noc(-c2ccc(C(C)C)cc2)n1. The van der Waals surface area contributed by atoms with Crippen molar-refractivity contribution in [2.45, 2.75) is 33.1 Å². The zero-order valence-electron chi connectivity index (χ0n) is 9.90. The fourth-order valence-corrected chi connectivity index (χ4v) is 1.53. The largest absolute Gasteiger partial charge is 0.334 e. The van der Waals surface area contributed by atoms with E-state index in [-0.39, 0.29) is 0 Å². The molecule has 0 amide bonds. The molecule has 16 heavy (non-hydrogen) atoms. The van der Waals surface area contributed by atoms with Gasteiger partial charge in [0.05, 0.1) is 0 Å². The number of rotatable bonds is 3. The maximum Gasteiger partial charge on any atom is 0.257 e. The molecule has 0 bridgehead atoms. The van der Waals surface area contributed by atoms with Crippen molar-refractivity contribution in [2.24, 2.45) is 0 Å². The zero-order chi connectivity index (χ0) is 11.5. The summed E-state index contributed by atoms with van der Waals surface area (Å²) >= 11 is 0. The number of hydrogen-bond acceptors (Lipinski definition) is 3. The first-order chi connectivity index (χ1) is 7.70. The van der Waals surface area contributed by atoms with Gasteiger partial charge in [-0.05, 0) is 23.6 Å². The third-order valence-corrected chi connectivity index (χ3v) is 2.61. The van der Waals surface area contributed by atoms with Crippen molar-refractivity contribution in [1.82, 2.24) is 10.1 Å². The quantitative estimate of drug-likeness (QED) is 0.789. The Kier molecular flexibility index (Phi) is 3.04. The standard InChI is InChI=1S/C13H16N2O/c1-4-12-14-13(16-15-12)11-7-5-10(6-8-11)9(2)3/h5-9H,4H2,1-3H3.